The highest BCUT2D eigenvalue weighted by molar-refractivity contribution is 7.98. The highest BCUT2D eigenvalue weighted by atomic mass is 32.2. The Hall–Kier alpha value is 0.527. The molecule has 0 amide bonds. The van der Waals surface area contributed by atoms with E-state index >= 15 is 0 Å². The van der Waals surface area contributed by atoms with Crippen LogP contribution < -0.4 is 0 Å². The Labute approximate surface area is 82.5 Å². The van der Waals surface area contributed by atoms with Gasteiger partial charge in [-0.25, -0.2) is 0 Å². The highest BCUT2D eigenvalue weighted by Crippen LogP contribution is 2.13. The number of rotatable bonds is 5. The minimum absolute atomic E-state index is 0.110. The summed E-state index contributed by atoms with van der Waals surface area (Å²) in [4.78, 5) is 0. The van der Waals surface area contributed by atoms with Crippen LogP contribution in [0, 0.1) is 0 Å². The molecule has 0 aromatic rings. The van der Waals surface area contributed by atoms with Crippen molar-refractivity contribution in [3.8, 4) is 0 Å². The van der Waals surface area contributed by atoms with Gasteiger partial charge in [0.2, 0.25) is 0 Å². The summed E-state index contributed by atoms with van der Waals surface area (Å²) in [5.74, 6) is 1.35. The molecule has 1 unspecified atom stereocenters. The number of hydrogen-bond acceptors (Lipinski definition) is 2. The van der Waals surface area contributed by atoms with E-state index in [-0.39, 0.29) is 9.52 Å². The van der Waals surface area contributed by atoms with Crippen molar-refractivity contribution in [1.82, 2.24) is 0 Å². The van der Waals surface area contributed by atoms with Crippen LogP contribution in [-0.4, -0.2) is 33.9 Å². The fraction of sp³-hybridized carbons (Fsp3) is 1.00. The first-order chi connectivity index (χ1) is 5.93. The monoisotopic (exact) mass is 204 g/mol. The second-order valence-electron chi connectivity index (χ2n) is 3.48. The zero-order chi connectivity index (χ0) is 8.65. The lowest BCUT2D eigenvalue weighted by atomic mass is 10.2. The van der Waals surface area contributed by atoms with Gasteiger partial charge in [0.1, 0.15) is 0 Å². The largest absolute Gasteiger partial charge is 0.382 e. The molecule has 0 aliphatic carbocycles. The van der Waals surface area contributed by atoms with Gasteiger partial charge in [-0.15, -0.1) is 0 Å². The van der Waals surface area contributed by atoms with E-state index in [4.69, 9.17) is 4.74 Å². The van der Waals surface area contributed by atoms with Gasteiger partial charge in [0, 0.05) is 12.3 Å². The molecule has 1 saturated heterocycles. The van der Waals surface area contributed by atoms with E-state index < -0.39 is 0 Å². The molecular formula is C9H20OSSi. The number of hydrogen-bond donors (Lipinski definition) is 0. The van der Waals surface area contributed by atoms with Gasteiger partial charge in [0.15, 0.2) is 0 Å². The molecule has 1 heterocycles. The third-order valence-corrected chi connectivity index (χ3v) is 5.29. The Morgan fingerprint density at radius 3 is 3.08 bits per heavy atom. The van der Waals surface area contributed by atoms with Gasteiger partial charge in [-0.05, 0) is 37.7 Å². The van der Waals surface area contributed by atoms with Gasteiger partial charge in [-0.3, -0.25) is 0 Å². The Morgan fingerprint density at radius 2 is 2.42 bits per heavy atom. The van der Waals surface area contributed by atoms with Crippen LogP contribution in [0.4, 0.5) is 0 Å². The van der Waals surface area contributed by atoms with Crippen LogP contribution in [0.15, 0.2) is 0 Å². The molecule has 12 heavy (non-hydrogen) atoms. The summed E-state index contributed by atoms with van der Waals surface area (Å²) in [6.07, 6.45) is 7.70. The number of ether oxygens (including phenoxy) is 1. The van der Waals surface area contributed by atoms with Gasteiger partial charge >= 0.3 is 0 Å². The van der Waals surface area contributed by atoms with Crippen molar-refractivity contribution in [3.05, 3.63) is 0 Å². The minimum atomic E-state index is 0.110. The molecule has 0 saturated carbocycles. The molecule has 1 aliphatic heterocycles. The van der Waals surface area contributed by atoms with Crippen LogP contribution >= 0.6 is 11.8 Å². The summed E-state index contributed by atoms with van der Waals surface area (Å²) in [5, 5.41) is 0. The summed E-state index contributed by atoms with van der Waals surface area (Å²) in [6.45, 7) is 1.04. The fourth-order valence-electron chi connectivity index (χ4n) is 1.65. The predicted molar refractivity (Wildman–Crippen MR) is 59.9 cm³/mol. The van der Waals surface area contributed by atoms with Crippen LogP contribution in [-0.2, 0) is 4.74 Å². The quantitative estimate of drug-likeness (QED) is 0.499. The highest BCUT2D eigenvalue weighted by Gasteiger charge is 2.12. The third kappa shape index (κ3) is 4.53. The molecule has 0 N–H and O–H groups in total. The van der Waals surface area contributed by atoms with Crippen molar-refractivity contribution < 1.29 is 4.74 Å². The molecule has 0 aromatic carbocycles. The SMILES string of the molecule is CSCCC[SiH2]C1CCCCO1. The van der Waals surface area contributed by atoms with Crippen LogP contribution in [0.25, 0.3) is 0 Å². The Bertz CT molecular complexity index is 105. The normalized spacial score (nSPS) is 25.2. The molecule has 72 valence electrons. The van der Waals surface area contributed by atoms with Gasteiger partial charge in [0.05, 0.1) is 9.52 Å². The summed E-state index contributed by atoms with van der Waals surface area (Å²) in [5.41, 5.74) is 0.737. The van der Waals surface area contributed by atoms with Crippen molar-refractivity contribution in [2.45, 2.75) is 37.5 Å². The van der Waals surface area contributed by atoms with Crippen LogP contribution in [0.1, 0.15) is 25.7 Å². The van der Waals surface area contributed by atoms with Crippen LogP contribution in [0.2, 0.25) is 6.04 Å². The first kappa shape index (κ1) is 10.6. The van der Waals surface area contributed by atoms with Crippen molar-refractivity contribution in [2.24, 2.45) is 0 Å². The molecule has 1 fully saturated rings. The topological polar surface area (TPSA) is 9.23 Å². The molecule has 0 radical (unpaired) electrons. The summed E-state index contributed by atoms with van der Waals surface area (Å²) in [6, 6.07) is 1.49. The second kappa shape index (κ2) is 6.98. The standard InChI is InChI=1S/C9H20OSSi/c1-11-7-4-8-12-9-5-2-3-6-10-9/h9H,2-8,12H2,1H3. The predicted octanol–water partition coefficient (Wildman–Crippen LogP) is 1.85. The first-order valence-corrected chi connectivity index (χ1v) is 8.25. The van der Waals surface area contributed by atoms with Crippen molar-refractivity contribution in [2.75, 3.05) is 18.6 Å². The van der Waals surface area contributed by atoms with Gasteiger partial charge in [-0.1, -0.05) is 6.04 Å². The first-order valence-electron chi connectivity index (χ1n) is 5.04. The second-order valence-corrected chi connectivity index (χ2v) is 6.66. The Kier molecular flexibility index (Phi) is 6.17. The van der Waals surface area contributed by atoms with Crippen LogP contribution in [0.3, 0.4) is 0 Å². The van der Waals surface area contributed by atoms with Crippen molar-refractivity contribution in [3.63, 3.8) is 0 Å². The van der Waals surface area contributed by atoms with Crippen molar-refractivity contribution in [1.29, 1.82) is 0 Å². The maximum atomic E-state index is 5.71. The maximum Gasteiger partial charge on any atom is 0.0556 e. The average molecular weight is 204 g/mol. The smallest absolute Gasteiger partial charge is 0.0556 e. The van der Waals surface area contributed by atoms with Crippen molar-refractivity contribution >= 4 is 21.3 Å². The zero-order valence-electron chi connectivity index (χ0n) is 8.05. The molecule has 1 aliphatic rings. The molecule has 0 aromatic heterocycles. The molecule has 3 heteroatoms. The summed E-state index contributed by atoms with van der Waals surface area (Å²) in [7, 11) is 0.110. The average Bonchev–Trinajstić information content (AvgIpc) is 2.14. The van der Waals surface area contributed by atoms with E-state index in [9.17, 15) is 0 Å². The maximum absolute atomic E-state index is 5.71. The lowest BCUT2D eigenvalue weighted by molar-refractivity contribution is 0.0650. The van der Waals surface area contributed by atoms with E-state index in [0.717, 1.165) is 12.3 Å². The third-order valence-electron chi connectivity index (χ3n) is 2.40. The van der Waals surface area contributed by atoms with E-state index in [2.05, 4.69) is 6.26 Å². The van der Waals surface area contributed by atoms with Gasteiger partial charge < -0.3 is 4.74 Å². The fourth-order valence-corrected chi connectivity index (χ4v) is 4.41. The molecule has 1 nitrogen and oxygen atoms in total. The van der Waals surface area contributed by atoms with E-state index in [1.807, 2.05) is 11.8 Å². The lowest BCUT2D eigenvalue weighted by Gasteiger charge is -2.21. The molecule has 0 spiro atoms. The molecule has 0 bridgehead atoms. The molecular weight excluding hydrogens is 184 g/mol. The Morgan fingerprint density at radius 1 is 1.50 bits per heavy atom. The lowest BCUT2D eigenvalue weighted by Crippen LogP contribution is -2.25. The zero-order valence-corrected chi connectivity index (χ0v) is 10.3. The van der Waals surface area contributed by atoms with E-state index in [1.54, 1.807) is 0 Å². The minimum Gasteiger partial charge on any atom is -0.382 e. The van der Waals surface area contributed by atoms with E-state index in [1.165, 1.54) is 37.5 Å². The van der Waals surface area contributed by atoms with Gasteiger partial charge in [0.25, 0.3) is 0 Å². The molecule has 1 rings (SSSR count). The summed E-state index contributed by atoms with van der Waals surface area (Å²) < 4.78 is 5.71. The summed E-state index contributed by atoms with van der Waals surface area (Å²) >= 11 is 1.97. The van der Waals surface area contributed by atoms with Crippen LogP contribution in [0.5, 0.6) is 0 Å². The Balaban J connectivity index is 1.91. The van der Waals surface area contributed by atoms with Gasteiger partial charge in [-0.2, -0.15) is 11.8 Å². The number of thioether (sulfide) groups is 1. The van der Waals surface area contributed by atoms with E-state index in [0.29, 0.717) is 0 Å². The molecule has 1 atom stereocenters.